The molecular weight excluding hydrogens is 799 g/mol. The van der Waals surface area contributed by atoms with E-state index in [1.807, 2.05) is 54.6 Å². The predicted octanol–water partition coefficient (Wildman–Crippen LogP) is 15.9. The van der Waals surface area contributed by atoms with Crippen LogP contribution < -0.4 is 0 Å². The molecule has 0 saturated carbocycles. The van der Waals surface area contributed by atoms with E-state index in [0.29, 0.717) is 16.8 Å². The SMILES string of the molecule is [C-]#[N+]/C(=C1/c2ccccc2-c2c3c(c4c(c21)-c1ccccc1/C4=C(/C#N)c1cccc2ccccc12)-c1ccccc1/C3=C(/C#N)c1cccc2ccccc12)c1cccc2ccccc12. The molecule has 3 heteroatoms. The first-order chi connectivity index (χ1) is 32.7. The molecule has 0 saturated heterocycles. The molecule has 3 nitrogen and oxygen atoms in total. The van der Waals surface area contributed by atoms with Crippen LogP contribution in [0.15, 0.2) is 200 Å². The minimum absolute atomic E-state index is 0.556. The minimum atomic E-state index is 0.556. The number of benzene rings is 10. The van der Waals surface area contributed by atoms with E-state index in [1.54, 1.807) is 0 Å². The Bertz CT molecular complexity index is 3620. The van der Waals surface area contributed by atoms with Crippen molar-refractivity contribution in [2.75, 3.05) is 0 Å². The van der Waals surface area contributed by atoms with Gasteiger partial charge in [-0.25, -0.2) is 4.85 Å². The highest BCUT2D eigenvalue weighted by molar-refractivity contribution is 6.30. The van der Waals surface area contributed by atoms with E-state index in [9.17, 15) is 10.5 Å². The first kappa shape index (κ1) is 37.2. The van der Waals surface area contributed by atoms with Crippen molar-refractivity contribution in [3.05, 3.63) is 262 Å². The second kappa shape index (κ2) is 14.4. The molecule has 0 amide bonds. The summed E-state index contributed by atoms with van der Waals surface area (Å²) in [6, 6.07) is 74.3. The van der Waals surface area contributed by atoms with Crippen molar-refractivity contribution in [3.8, 4) is 45.5 Å². The molecule has 3 aliphatic rings. The maximum atomic E-state index is 11.7. The van der Waals surface area contributed by atoms with Gasteiger partial charge in [0.1, 0.15) is 12.1 Å². The normalized spacial score (nSPS) is 14.9. The fraction of sp³-hybridized carbons (Fsp3) is 0. The van der Waals surface area contributed by atoms with Crippen LogP contribution in [0.2, 0.25) is 0 Å². The van der Waals surface area contributed by atoms with Crippen LogP contribution >= 0.6 is 0 Å². The average molecular weight is 832 g/mol. The van der Waals surface area contributed by atoms with Crippen LogP contribution in [0, 0.1) is 29.2 Å². The van der Waals surface area contributed by atoms with Gasteiger partial charge in [-0.15, -0.1) is 0 Å². The number of hydrogen-bond donors (Lipinski definition) is 0. The molecule has 0 aromatic heterocycles. The molecule has 66 heavy (non-hydrogen) atoms. The highest BCUT2D eigenvalue weighted by atomic mass is 14.7. The Morgan fingerprint density at radius 1 is 0.318 bits per heavy atom. The summed E-state index contributed by atoms with van der Waals surface area (Å²) in [6.45, 7) is 9.14. The second-order valence-corrected chi connectivity index (χ2v) is 17.0. The molecule has 0 N–H and O–H groups in total. The van der Waals surface area contributed by atoms with Gasteiger partial charge < -0.3 is 0 Å². The molecule has 0 heterocycles. The lowest BCUT2D eigenvalue weighted by Crippen LogP contribution is -2.00. The fourth-order valence-electron chi connectivity index (χ4n) is 11.3. The van der Waals surface area contributed by atoms with Crippen LogP contribution in [0.25, 0.3) is 104 Å². The van der Waals surface area contributed by atoms with Gasteiger partial charge in [0.05, 0.1) is 17.7 Å². The Balaban J connectivity index is 1.30. The molecule has 0 bridgehead atoms. The maximum absolute atomic E-state index is 11.7. The van der Waals surface area contributed by atoms with E-state index in [4.69, 9.17) is 6.57 Å². The monoisotopic (exact) mass is 831 g/mol. The number of fused-ring (bicyclic) bond motifs is 15. The third-order valence-corrected chi connectivity index (χ3v) is 13.9. The Morgan fingerprint density at radius 2 is 0.621 bits per heavy atom. The highest BCUT2D eigenvalue weighted by Crippen LogP contribution is 2.66. The van der Waals surface area contributed by atoms with E-state index in [0.717, 1.165) is 132 Å². The van der Waals surface area contributed by atoms with E-state index < -0.39 is 0 Å². The standard InChI is InChI=1S/C63H33N3/c1-66-63(51-34-16-22-39-19-4-7-25-42(39)51)59-50-31-13-12-30-49(50)58-61-54(52(35-64)43-32-14-20-37-17-2-5-23-40(37)43)45-26-8-10-28-47(45)56(61)60-55(46-27-9-11-29-48(46)57(60)62(58)59)53(36-65)44-33-15-21-38-18-3-6-24-41(38)44/h2-34H/b54-52+,55-53+,63-59-. The molecule has 0 aliphatic heterocycles. The lowest BCUT2D eigenvalue weighted by atomic mass is 9.81. The quantitative estimate of drug-likeness (QED) is 0.132. The third-order valence-electron chi connectivity index (χ3n) is 13.9. The summed E-state index contributed by atoms with van der Waals surface area (Å²) < 4.78 is 0. The van der Waals surface area contributed by atoms with Gasteiger partial charge in [-0.05, 0) is 99.1 Å². The summed E-state index contributed by atoms with van der Waals surface area (Å²) in [5, 5.41) is 29.5. The molecule has 0 unspecified atom stereocenters. The number of nitriles is 2. The summed E-state index contributed by atoms with van der Waals surface area (Å²) in [7, 11) is 0. The molecular formula is C63H33N3. The zero-order valence-corrected chi connectivity index (χ0v) is 35.4. The summed E-state index contributed by atoms with van der Waals surface area (Å²) in [5.74, 6) is 0. The van der Waals surface area contributed by atoms with Crippen molar-refractivity contribution in [3.63, 3.8) is 0 Å². The van der Waals surface area contributed by atoms with Gasteiger partial charge in [0.25, 0.3) is 0 Å². The molecule has 0 radical (unpaired) electrons. The van der Waals surface area contributed by atoms with Gasteiger partial charge in [0, 0.05) is 33.4 Å². The molecule has 0 spiro atoms. The number of nitrogens with zero attached hydrogens (tertiary/aromatic N) is 3. The largest absolute Gasteiger partial charge is 0.237 e. The Labute approximate surface area is 381 Å². The molecule has 13 rings (SSSR count). The van der Waals surface area contributed by atoms with E-state index in [-0.39, 0.29) is 0 Å². The lowest BCUT2D eigenvalue weighted by Gasteiger charge is -2.21. The molecule has 0 atom stereocenters. The number of rotatable bonds is 3. The number of hydrogen-bond acceptors (Lipinski definition) is 2. The van der Waals surface area contributed by atoms with E-state index in [2.05, 4.69) is 163 Å². The Morgan fingerprint density at radius 3 is 1.02 bits per heavy atom. The van der Waals surface area contributed by atoms with Gasteiger partial charge >= 0.3 is 0 Å². The van der Waals surface area contributed by atoms with Crippen LogP contribution in [-0.2, 0) is 0 Å². The lowest BCUT2D eigenvalue weighted by molar-refractivity contribution is 1.52. The maximum Gasteiger partial charge on any atom is 0.203 e. The van der Waals surface area contributed by atoms with Crippen LogP contribution in [0.5, 0.6) is 0 Å². The van der Waals surface area contributed by atoms with Crippen molar-refractivity contribution in [1.29, 1.82) is 10.5 Å². The van der Waals surface area contributed by atoms with E-state index in [1.165, 1.54) is 0 Å². The van der Waals surface area contributed by atoms with Crippen molar-refractivity contribution < 1.29 is 0 Å². The van der Waals surface area contributed by atoms with Gasteiger partial charge in [-0.3, -0.25) is 0 Å². The van der Waals surface area contributed by atoms with Crippen molar-refractivity contribution in [2.45, 2.75) is 0 Å². The van der Waals surface area contributed by atoms with Crippen LogP contribution in [0.3, 0.4) is 0 Å². The third kappa shape index (κ3) is 5.05. The summed E-state index contributed by atoms with van der Waals surface area (Å²) in [6.07, 6.45) is 0. The molecule has 300 valence electrons. The number of allylic oxidation sites excluding steroid dienone is 2. The van der Waals surface area contributed by atoms with Crippen molar-refractivity contribution in [2.24, 2.45) is 0 Å². The van der Waals surface area contributed by atoms with Crippen molar-refractivity contribution >= 4 is 65.9 Å². The minimum Gasteiger partial charge on any atom is -0.237 e. The van der Waals surface area contributed by atoms with Gasteiger partial charge in [-0.2, -0.15) is 10.5 Å². The molecule has 0 fully saturated rings. The topological polar surface area (TPSA) is 51.9 Å². The molecule has 3 aliphatic carbocycles. The smallest absolute Gasteiger partial charge is 0.203 e. The van der Waals surface area contributed by atoms with Crippen LogP contribution in [-0.4, -0.2) is 0 Å². The van der Waals surface area contributed by atoms with Gasteiger partial charge in [0.2, 0.25) is 5.70 Å². The highest BCUT2D eigenvalue weighted by Gasteiger charge is 2.45. The zero-order valence-electron chi connectivity index (χ0n) is 35.4. The second-order valence-electron chi connectivity index (χ2n) is 17.0. The average Bonchev–Trinajstić information content (AvgIpc) is 4.01. The van der Waals surface area contributed by atoms with Crippen LogP contribution in [0.1, 0.15) is 50.1 Å². The van der Waals surface area contributed by atoms with Gasteiger partial charge in [0.15, 0.2) is 0 Å². The predicted molar refractivity (Wildman–Crippen MR) is 270 cm³/mol. The van der Waals surface area contributed by atoms with E-state index >= 15 is 0 Å². The first-order valence-electron chi connectivity index (χ1n) is 22.1. The summed E-state index contributed by atoms with van der Waals surface area (Å²) in [4.78, 5) is 4.51. The zero-order chi connectivity index (χ0) is 44.0. The molecule has 10 aromatic carbocycles. The Kier molecular flexibility index (Phi) is 8.10. The fourth-order valence-corrected chi connectivity index (χ4v) is 11.3. The first-order valence-corrected chi connectivity index (χ1v) is 22.1. The summed E-state index contributed by atoms with van der Waals surface area (Å²) in [5.41, 5.74) is 18.5. The van der Waals surface area contributed by atoms with Crippen LogP contribution in [0.4, 0.5) is 0 Å². The van der Waals surface area contributed by atoms with Gasteiger partial charge in [-0.1, -0.05) is 200 Å². The van der Waals surface area contributed by atoms with Crippen molar-refractivity contribution in [1.82, 2.24) is 0 Å². The summed E-state index contributed by atoms with van der Waals surface area (Å²) >= 11 is 0. The Hall–Kier alpha value is -9.33. The molecule has 10 aromatic rings.